The molecule has 0 bridgehead atoms. The molecule has 0 N–H and O–H groups in total. The van der Waals surface area contributed by atoms with E-state index in [4.69, 9.17) is 4.74 Å². The number of hydrogen-bond acceptors (Lipinski definition) is 1. The predicted octanol–water partition coefficient (Wildman–Crippen LogP) is 4.11. The van der Waals surface area contributed by atoms with Gasteiger partial charge in [-0.2, -0.15) is 0 Å². The molecule has 1 nitrogen and oxygen atoms in total. The van der Waals surface area contributed by atoms with E-state index in [1.165, 1.54) is 19.3 Å². The van der Waals surface area contributed by atoms with Gasteiger partial charge in [-0.05, 0) is 45.4 Å². The van der Waals surface area contributed by atoms with Crippen LogP contribution in [0.1, 0.15) is 46.5 Å². The summed E-state index contributed by atoms with van der Waals surface area (Å²) in [5.41, 5.74) is 4.35. The Balaban J connectivity index is 2.31. The molecule has 1 heteroatoms. The fourth-order valence-corrected chi connectivity index (χ4v) is 2.15. The second-order valence-electron chi connectivity index (χ2n) is 4.84. The highest BCUT2D eigenvalue weighted by atomic mass is 16.5. The van der Waals surface area contributed by atoms with Crippen LogP contribution in [0.3, 0.4) is 0 Å². The van der Waals surface area contributed by atoms with Crippen LogP contribution in [0, 0.1) is 5.92 Å². The maximum absolute atomic E-state index is 5.55. The first-order valence-corrected chi connectivity index (χ1v) is 6.02. The van der Waals surface area contributed by atoms with Gasteiger partial charge < -0.3 is 4.74 Å². The van der Waals surface area contributed by atoms with Crippen molar-refractivity contribution in [3.8, 4) is 0 Å². The molecule has 15 heavy (non-hydrogen) atoms. The standard InChI is InChI=1S/C14H24O/c1-11(2)10-15-9-8-14-7-5-6-12(3)13(14)4/h12H,1,5-10H2,2-4H3. The zero-order valence-electron chi connectivity index (χ0n) is 10.4. The van der Waals surface area contributed by atoms with Crippen molar-refractivity contribution < 1.29 is 4.74 Å². The Morgan fingerprint density at radius 2 is 2.27 bits per heavy atom. The van der Waals surface area contributed by atoms with Crippen molar-refractivity contribution in [3.63, 3.8) is 0 Å². The van der Waals surface area contributed by atoms with Gasteiger partial charge in [0.1, 0.15) is 0 Å². The molecule has 0 aromatic rings. The minimum Gasteiger partial charge on any atom is -0.377 e. The quantitative estimate of drug-likeness (QED) is 0.488. The van der Waals surface area contributed by atoms with Crippen LogP contribution >= 0.6 is 0 Å². The third kappa shape index (κ3) is 4.21. The Hall–Kier alpha value is -0.560. The Morgan fingerprint density at radius 3 is 2.93 bits per heavy atom. The molecular weight excluding hydrogens is 184 g/mol. The van der Waals surface area contributed by atoms with Crippen LogP contribution in [0.25, 0.3) is 0 Å². The van der Waals surface area contributed by atoms with E-state index in [0.29, 0.717) is 6.61 Å². The van der Waals surface area contributed by atoms with E-state index in [1.807, 2.05) is 6.92 Å². The molecule has 0 amide bonds. The van der Waals surface area contributed by atoms with Gasteiger partial charge >= 0.3 is 0 Å². The van der Waals surface area contributed by atoms with Crippen LogP contribution < -0.4 is 0 Å². The maximum Gasteiger partial charge on any atom is 0.0671 e. The van der Waals surface area contributed by atoms with Crippen LogP contribution in [0.2, 0.25) is 0 Å². The third-order valence-electron chi connectivity index (χ3n) is 3.31. The lowest BCUT2D eigenvalue weighted by atomic mass is 9.84. The van der Waals surface area contributed by atoms with E-state index >= 15 is 0 Å². The molecule has 1 aliphatic rings. The summed E-state index contributed by atoms with van der Waals surface area (Å²) in [7, 11) is 0. The SMILES string of the molecule is C=C(C)COCCC1=C(C)C(C)CCC1. The molecule has 0 heterocycles. The normalized spacial score (nSPS) is 21.9. The molecule has 1 rings (SSSR count). The van der Waals surface area contributed by atoms with E-state index in [0.717, 1.165) is 24.5 Å². The van der Waals surface area contributed by atoms with Gasteiger partial charge in [0.25, 0.3) is 0 Å². The van der Waals surface area contributed by atoms with E-state index in [9.17, 15) is 0 Å². The number of allylic oxidation sites excluding steroid dienone is 1. The average molecular weight is 208 g/mol. The molecule has 0 radical (unpaired) electrons. The molecule has 0 aliphatic heterocycles. The fourth-order valence-electron chi connectivity index (χ4n) is 2.15. The Labute approximate surface area is 94.2 Å². The van der Waals surface area contributed by atoms with Gasteiger partial charge in [0.15, 0.2) is 0 Å². The van der Waals surface area contributed by atoms with E-state index in [-0.39, 0.29) is 0 Å². The monoisotopic (exact) mass is 208 g/mol. The summed E-state index contributed by atoms with van der Waals surface area (Å²) in [6.45, 7) is 12.0. The van der Waals surface area contributed by atoms with Crippen molar-refractivity contribution in [3.05, 3.63) is 23.3 Å². The zero-order chi connectivity index (χ0) is 11.3. The van der Waals surface area contributed by atoms with Crippen LogP contribution in [0.4, 0.5) is 0 Å². The average Bonchev–Trinajstić information content (AvgIpc) is 2.18. The second kappa shape index (κ2) is 6.12. The summed E-state index contributed by atoms with van der Waals surface area (Å²) < 4.78 is 5.55. The highest BCUT2D eigenvalue weighted by Gasteiger charge is 2.15. The zero-order valence-corrected chi connectivity index (χ0v) is 10.4. The first kappa shape index (κ1) is 12.5. The van der Waals surface area contributed by atoms with E-state index in [1.54, 1.807) is 11.1 Å². The molecule has 1 aliphatic carbocycles. The molecule has 0 spiro atoms. The van der Waals surface area contributed by atoms with Gasteiger partial charge in [0.05, 0.1) is 13.2 Å². The second-order valence-corrected chi connectivity index (χ2v) is 4.84. The van der Waals surface area contributed by atoms with Gasteiger partial charge in [-0.3, -0.25) is 0 Å². The minimum absolute atomic E-state index is 0.710. The van der Waals surface area contributed by atoms with Gasteiger partial charge in [-0.1, -0.05) is 30.2 Å². The van der Waals surface area contributed by atoms with Gasteiger partial charge in [0.2, 0.25) is 0 Å². The lowest BCUT2D eigenvalue weighted by Gasteiger charge is -2.23. The fraction of sp³-hybridized carbons (Fsp3) is 0.714. The Kier molecular flexibility index (Phi) is 5.10. The first-order valence-electron chi connectivity index (χ1n) is 6.02. The molecule has 0 aromatic heterocycles. The van der Waals surface area contributed by atoms with Crippen molar-refractivity contribution in [2.24, 2.45) is 5.92 Å². The van der Waals surface area contributed by atoms with Crippen LogP contribution in [0.5, 0.6) is 0 Å². The molecule has 1 atom stereocenters. The summed E-state index contributed by atoms with van der Waals surface area (Å²) in [4.78, 5) is 0. The van der Waals surface area contributed by atoms with Crippen LogP contribution in [-0.2, 0) is 4.74 Å². The molecule has 0 aromatic carbocycles. The third-order valence-corrected chi connectivity index (χ3v) is 3.31. The molecule has 0 saturated heterocycles. The predicted molar refractivity (Wildman–Crippen MR) is 66.0 cm³/mol. The minimum atomic E-state index is 0.710. The van der Waals surface area contributed by atoms with Crippen molar-refractivity contribution >= 4 is 0 Å². The van der Waals surface area contributed by atoms with Crippen LogP contribution in [-0.4, -0.2) is 13.2 Å². The van der Waals surface area contributed by atoms with Gasteiger partial charge in [-0.15, -0.1) is 0 Å². The summed E-state index contributed by atoms with van der Waals surface area (Å²) in [6, 6.07) is 0. The number of rotatable bonds is 5. The van der Waals surface area contributed by atoms with Crippen molar-refractivity contribution in [2.75, 3.05) is 13.2 Å². The topological polar surface area (TPSA) is 9.23 Å². The molecule has 86 valence electrons. The highest BCUT2D eigenvalue weighted by molar-refractivity contribution is 5.17. The molecule has 0 saturated carbocycles. The smallest absolute Gasteiger partial charge is 0.0671 e. The molecule has 1 unspecified atom stereocenters. The largest absolute Gasteiger partial charge is 0.377 e. The van der Waals surface area contributed by atoms with Crippen LogP contribution in [0.15, 0.2) is 23.3 Å². The summed E-state index contributed by atoms with van der Waals surface area (Å²) in [5, 5.41) is 0. The van der Waals surface area contributed by atoms with Gasteiger partial charge in [0, 0.05) is 0 Å². The summed E-state index contributed by atoms with van der Waals surface area (Å²) in [6.07, 6.45) is 5.12. The maximum atomic E-state index is 5.55. The van der Waals surface area contributed by atoms with E-state index in [2.05, 4.69) is 20.4 Å². The van der Waals surface area contributed by atoms with Crippen molar-refractivity contribution in [2.45, 2.75) is 46.5 Å². The first-order chi connectivity index (χ1) is 7.11. The summed E-state index contributed by atoms with van der Waals surface area (Å²) >= 11 is 0. The number of ether oxygens (including phenoxy) is 1. The van der Waals surface area contributed by atoms with Gasteiger partial charge in [-0.25, -0.2) is 0 Å². The Morgan fingerprint density at radius 1 is 1.53 bits per heavy atom. The molecular formula is C14H24O. The molecule has 0 fully saturated rings. The summed E-state index contributed by atoms with van der Waals surface area (Å²) in [5.74, 6) is 0.787. The lowest BCUT2D eigenvalue weighted by molar-refractivity contribution is 0.158. The van der Waals surface area contributed by atoms with Crippen molar-refractivity contribution in [1.29, 1.82) is 0 Å². The number of hydrogen-bond donors (Lipinski definition) is 0. The highest BCUT2D eigenvalue weighted by Crippen LogP contribution is 2.30. The van der Waals surface area contributed by atoms with E-state index < -0.39 is 0 Å². The van der Waals surface area contributed by atoms with Crippen molar-refractivity contribution in [1.82, 2.24) is 0 Å². The Bertz CT molecular complexity index is 250. The lowest BCUT2D eigenvalue weighted by Crippen LogP contribution is -2.09.